The van der Waals surface area contributed by atoms with Gasteiger partial charge in [-0.2, -0.15) is 0 Å². The van der Waals surface area contributed by atoms with E-state index in [2.05, 4.69) is 5.32 Å². The molecular formula is C15H14FNO2. The van der Waals surface area contributed by atoms with Gasteiger partial charge >= 0.3 is 0 Å². The van der Waals surface area contributed by atoms with Crippen molar-refractivity contribution in [3.8, 4) is 5.75 Å². The van der Waals surface area contributed by atoms with Gasteiger partial charge in [-0.3, -0.25) is 4.79 Å². The summed E-state index contributed by atoms with van der Waals surface area (Å²) < 4.78 is 18.8. The first-order chi connectivity index (χ1) is 9.17. The van der Waals surface area contributed by atoms with Crippen LogP contribution in [0.25, 0.3) is 0 Å². The summed E-state index contributed by atoms with van der Waals surface area (Å²) in [6.45, 7) is 0. The van der Waals surface area contributed by atoms with Crippen molar-refractivity contribution >= 4 is 11.5 Å². The molecule has 0 bridgehead atoms. The van der Waals surface area contributed by atoms with Gasteiger partial charge in [-0.05, 0) is 30.3 Å². The Labute approximate surface area is 111 Å². The van der Waals surface area contributed by atoms with Crippen LogP contribution in [-0.4, -0.2) is 19.9 Å². The Kier molecular flexibility index (Phi) is 3.80. The van der Waals surface area contributed by atoms with Crippen molar-refractivity contribution in [1.29, 1.82) is 0 Å². The second kappa shape index (κ2) is 5.52. The Hall–Kier alpha value is -2.36. The number of ketones is 1. The minimum atomic E-state index is -0.530. The topological polar surface area (TPSA) is 38.3 Å². The standard InChI is InChI=1S/C15H14FNO2/c1-17-14-8-7-10(19-2)9-12(14)15(18)11-5-3-4-6-13(11)16/h3-9,17H,1-2H3. The van der Waals surface area contributed by atoms with Crippen molar-refractivity contribution in [2.75, 3.05) is 19.5 Å². The molecule has 0 radical (unpaired) electrons. The Balaban J connectivity index is 2.51. The van der Waals surface area contributed by atoms with Gasteiger partial charge in [-0.15, -0.1) is 0 Å². The van der Waals surface area contributed by atoms with Crippen LogP contribution in [0.2, 0.25) is 0 Å². The second-order valence-corrected chi connectivity index (χ2v) is 3.97. The van der Waals surface area contributed by atoms with Gasteiger partial charge < -0.3 is 10.1 Å². The summed E-state index contributed by atoms with van der Waals surface area (Å²) in [6.07, 6.45) is 0. The highest BCUT2D eigenvalue weighted by Crippen LogP contribution is 2.25. The Morgan fingerprint density at radius 2 is 1.89 bits per heavy atom. The highest BCUT2D eigenvalue weighted by Gasteiger charge is 2.17. The van der Waals surface area contributed by atoms with Gasteiger partial charge in [0.25, 0.3) is 0 Å². The molecule has 2 rings (SSSR count). The average molecular weight is 259 g/mol. The van der Waals surface area contributed by atoms with E-state index in [1.54, 1.807) is 37.4 Å². The number of rotatable bonds is 4. The van der Waals surface area contributed by atoms with E-state index in [-0.39, 0.29) is 11.3 Å². The molecule has 0 aromatic heterocycles. The number of carbonyl (C=O) groups is 1. The van der Waals surface area contributed by atoms with E-state index < -0.39 is 5.82 Å². The van der Waals surface area contributed by atoms with E-state index in [0.717, 1.165) is 0 Å². The molecule has 1 N–H and O–H groups in total. The van der Waals surface area contributed by atoms with E-state index in [1.807, 2.05) is 0 Å². The third-order valence-corrected chi connectivity index (χ3v) is 2.86. The Bertz CT molecular complexity index is 611. The van der Waals surface area contributed by atoms with Crippen LogP contribution >= 0.6 is 0 Å². The maximum atomic E-state index is 13.7. The number of halogens is 1. The summed E-state index contributed by atoms with van der Waals surface area (Å²) >= 11 is 0. The third kappa shape index (κ3) is 2.57. The minimum Gasteiger partial charge on any atom is -0.497 e. The number of hydrogen-bond acceptors (Lipinski definition) is 3. The summed E-state index contributed by atoms with van der Waals surface area (Å²) in [4.78, 5) is 12.4. The molecule has 2 aromatic carbocycles. The van der Waals surface area contributed by atoms with Crippen molar-refractivity contribution in [3.05, 3.63) is 59.4 Å². The highest BCUT2D eigenvalue weighted by molar-refractivity contribution is 6.12. The Morgan fingerprint density at radius 3 is 2.53 bits per heavy atom. The normalized spacial score (nSPS) is 10.1. The molecule has 0 aliphatic carbocycles. The molecule has 19 heavy (non-hydrogen) atoms. The van der Waals surface area contributed by atoms with Gasteiger partial charge in [-0.1, -0.05) is 12.1 Å². The van der Waals surface area contributed by atoms with Crippen LogP contribution in [0.15, 0.2) is 42.5 Å². The maximum absolute atomic E-state index is 13.7. The van der Waals surface area contributed by atoms with Crippen LogP contribution in [0, 0.1) is 5.82 Å². The lowest BCUT2D eigenvalue weighted by atomic mass is 10.0. The van der Waals surface area contributed by atoms with E-state index in [0.29, 0.717) is 17.0 Å². The van der Waals surface area contributed by atoms with Crippen LogP contribution in [0.3, 0.4) is 0 Å². The molecular weight excluding hydrogens is 245 g/mol. The number of hydrogen-bond donors (Lipinski definition) is 1. The fraction of sp³-hybridized carbons (Fsp3) is 0.133. The summed E-state index contributed by atoms with van der Waals surface area (Å²) in [5.41, 5.74) is 1.06. The molecule has 98 valence electrons. The summed E-state index contributed by atoms with van der Waals surface area (Å²) in [5, 5.41) is 2.92. The van der Waals surface area contributed by atoms with Crippen molar-refractivity contribution in [2.24, 2.45) is 0 Å². The molecule has 0 spiro atoms. The van der Waals surface area contributed by atoms with Crippen LogP contribution in [-0.2, 0) is 0 Å². The van der Waals surface area contributed by atoms with Gasteiger partial charge in [0, 0.05) is 18.3 Å². The van der Waals surface area contributed by atoms with Crippen LogP contribution in [0.1, 0.15) is 15.9 Å². The summed E-state index contributed by atoms with van der Waals surface area (Å²) in [5.74, 6) is -0.350. The number of nitrogens with one attached hydrogen (secondary N) is 1. The smallest absolute Gasteiger partial charge is 0.198 e. The molecule has 0 unspecified atom stereocenters. The average Bonchev–Trinajstić information content (AvgIpc) is 2.46. The van der Waals surface area contributed by atoms with E-state index in [1.165, 1.54) is 19.2 Å². The molecule has 0 aliphatic rings. The number of methoxy groups -OCH3 is 1. The second-order valence-electron chi connectivity index (χ2n) is 3.97. The number of ether oxygens (including phenoxy) is 1. The third-order valence-electron chi connectivity index (χ3n) is 2.86. The first kappa shape index (κ1) is 13.1. The molecule has 0 saturated heterocycles. The summed E-state index contributed by atoms with van der Waals surface area (Å²) in [6, 6.07) is 11.0. The van der Waals surface area contributed by atoms with Crippen LogP contribution in [0.5, 0.6) is 5.75 Å². The minimum absolute atomic E-state index is 0.0484. The van der Waals surface area contributed by atoms with Gasteiger partial charge in [0.05, 0.1) is 12.7 Å². The fourth-order valence-corrected chi connectivity index (χ4v) is 1.85. The molecule has 4 heteroatoms. The Morgan fingerprint density at radius 1 is 1.16 bits per heavy atom. The predicted molar refractivity (Wildman–Crippen MR) is 72.4 cm³/mol. The van der Waals surface area contributed by atoms with Crippen LogP contribution < -0.4 is 10.1 Å². The number of carbonyl (C=O) groups excluding carboxylic acids is 1. The predicted octanol–water partition coefficient (Wildman–Crippen LogP) is 3.11. The highest BCUT2D eigenvalue weighted by atomic mass is 19.1. The lowest BCUT2D eigenvalue weighted by Crippen LogP contribution is -2.07. The molecule has 3 nitrogen and oxygen atoms in total. The van der Waals surface area contributed by atoms with E-state index >= 15 is 0 Å². The number of benzene rings is 2. The molecule has 0 atom stereocenters. The maximum Gasteiger partial charge on any atom is 0.198 e. The first-order valence-corrected chi connectivity index (χ1v) is 5.82. The summed E-state index contributed by atoms with van der Waals surface area (Å²) in [7, 11) is 3.23. The van der Waals surface area contributed by atoms with Gasteiger partial charge in [0.1, 0.15) is 11.6 Å². The monoisotopic (exact) mass is 259 g/mol. The molecule has 0 fully saturated rings. The van der Waals surface area contributed by atoms with Gasteiger partial charge in [-0.25, -0.2) is 4.39 Å². The zero-order valence-corrected chi connectivity index (χ0v) is 10.7. The van der Waals surface area contributed by atoms with Crippen LogP contribution in [0.4, 0.5) is 10.1 Å². The van der Waals surface area contributed by atoms with E-state index in [4.69, 9.17) is 4.74 Å². The van der Waals surface area contributed by atoms with Crippen molar-refractivity contribution < 1.29 is 13.9 Å². The zero-order chi connectivity index (χ0) is 13.8. The fourth-order valence-electron chi connectivity index (χ4n) is 1.85. The largest absolute Gasteiger partial charge is 0.497 e. The van der Waals surface area contributed by atoms with E-state index in [9.17, 15) is 9.18 Å². The molecule has 0 aliphatic heterocycles. The van der Waals surface area contributed by atoms with Crippen molar-refractivity contribution in [3.63, 3.8) is 0 Å². The molecule has 0 saturated carbocycles. The lowest BCUT2D eigenvalue weighted by molar-refractivity contribution is 0.103. The molecule has 0 heterocycles. The van der Waals surface area contributed by atoms with Crippen molar-refractivity contribution in [2.45, 2.75) is 0 Å². The number of anilines is 1. The van der Waals surface area contributed by atoms with Crippen molar-refractivity contribution in [1.82, 2.24) is 0 Å². The zero-order valence-electron chi connectivity index (χ0n) is 10.7. The lowest BCUT2D eigenvalue weighted by Gasteiger charge is -2.10. The SMILES string of the molecule is CNc1ccc(OC)cc1C(=O)c1ccccc1F. The van der Waals surface area contributed by atoms with Gasteiger partial charge in [0.2, 0.25) is 0 Å². The molecule has 2 aromatic rings. The quantitative estimate of drug-likeness (QED) is 0.857. The van der Waals surface area contributed by atoms with Gasteiger partial charge in [0.15, 0.2) is 5.78 Å². The first-order valence-electron chi connectivity index (χ1n) is 5.82. The molecule has 0 amide bonds.